The molecule has 0 aliphatic heterocycles. The Labute approximate surface area is 128 Å². The van der Waals surface area contributed by atoms with Crippen LogP contribution in [0, 0.1) is 17.8 Å². The van der Waals surface area contributed by atoms with Crippen LogP contribution in [0.3, 0.4) is 0 Å². The third-order valence-electron chi connectivity index (χ3n) is 3.45. The van der Waals surface area contributed by atoms with Crippen LogP contribution in [0.2, 0.25) is 0 Å². The standard InChI is InChI=1S/C17H30O4/c1-7-8-9-12(2)10-13(3)14(16(19)20)11-15(18)21-17(4,5)6/h7,12-14H,1,8-11H2,2-6H3,(H,19,20)/t12?,13-,14?/m1/s1. The molecule has 0 saturated carbocycles. The highest BCUT2D eigenvalue weighted by atomic mass is 16.6. The van der Waals surface area contributed by atoms with Crippen molar-refractivity contribution in [3.8, 4) is 0 Å². The Balaban J connectivity index is 4.56. The Morgan fingerprint density at radius 3 is 2.29 bits per heavy atom. The van der Waals surface area contributed by atoms with E-state index in [9.17, 15) is 14.7 Å². The van der Waals surface area contributed by atoms with Crippen LogP contribution in [0.15, 0.2) is 12.7 Å². The highest BCUT2D eigenvalue weighted by Crippen LogP contribution is 2.26. The van der Waals surface area contributed by atoms with Crippen molar-refractivity contribution in [1.82, 2.24) is 0 Å². The highest BCUT2D eigenvalue weighted by Gasteiger charge is 2.30. The fourth-order valence-corrected chi connectivity index (χ4v) is 2.41. The van der Waals surface area contributed by atoms with Crippen molar-refractivity contribution < 1.29 is 19.4 Å². The van der Waals surface area contributed by atoms with Crippen LogP contribution in [-0.2, 0) is 14.3 Å². The first-order chi connectivity index (χ1) is 9.56. The van der Waals surface area contributed by atoms with Crippen molar-refractivity contribution in [1.29, 1.82) is 0 Å². The number of ether oxygens (including phenoxy) is 1. The van der Waals surface area contributed by atoms with E-state index < -0.39 is 23.5 Å². The molecule has 0 aliphatic rings. The van der Waals surface area contributed by atoms with Crippen LogP contribution in [0.25, 0.3) is 0 Å². The molecular weight excluding hydrogens is 268 g/mol. The number of rotatable bonds is 9. The molecular formula is C17H30O4. The van der Waals surface area contributed by atoms with E-state index in [1.54, 1.807) is 20.8 Å². The van der Waals surface area contributed by atoms with Crippen molar-refractivity contribution in [3.63, 3.8) is 0 Å². The lowest BCUT2D eigenvalue weighted by Gasteiger charge is -2.25. The van der Waals surface area contributed by atoms with E-state index >= 15 is 0 Å². The van der Waals surface area contributed by atoms with Crippen LogP contribution >= 0.6 is 0 Å². The minimum Gasteiger partial charge on any atom is -0.481 e. The third kappa shape index (κ3) is 9.27. The zero-order valence-electron chi connectivity index (χ0n) is 14.0. The van der Waals surface area contributed by atoms with Gasteiger partial charge in [-0.1, -0.05) is 19.9 Å². The minimum atomic E-state index is -0.927. The van der Waals surface area contributed by atoms with Crippen LogP contribution in [-0.4, -0.2) is 22.6 Å². The summed E-state index contributed by atoms with van der Waals surface area (Å²) < 4.78 is 5.22. The van der Waals surface area contributed by atoms with Gasteiger partial charge in [-0.05, 0) is 51.9 Å². The second-order valence-corrected chi connectivity index (χ2v) is 6.92. The first-order valence-electron chi connectivity index (χ1n) is 7.62. The number of carbonyl (C=O) groups excluding carboxylic acids is 1. The number of esters is 1. The van der Waals surface area contributed by atoms with Crippen molar-refractivity contribution >= 4 is 11.9 Å². The molecule has 1 N–H and O–H groups in total. The summed E-state index contributed by atoms with van der Waals surface area (Å²) in [4.78, 5) is 23.3. The van der Waals surface area contributed by atoms with E-state index in [0.717, 1.165) is 19.3 Å². The topological polar surface area (TPSA) is 63.6 Å². The number of carboxylic acid groups (broad SMARTS) is 1. The van der Waals surface area contributed by atoms with Crippen LogP contribution in [0.5, 0.6) is 0 Å². The van der Waals surface area contributed by atoms with Gasteiger partial charge < -0.3 is 9.84 Å². The summed E-state index contributed by atoms with van der Waals surface area (Å²) in [6.45, 7) is 13.0. The zero-order chi connectivity index (χ0) is 16.6. The van der Waals surface area contributed by atoms with Crippen LogP contribution in [0.1, 0.15) is 60.3 Å². The largest absolute Gasteiger partial charge is 0.481 e. The summed E-state index contributed by atoms with van der Waals surface area (Å²) in [6.07, 6.45) is 4.51. The van der Waals surface area contributed by atoms with Crippen LogP contribution in [0.4, 0.5) is 0 Å². The number of aliphatic carboxylic acids is 1. The van der Waals surface area contributed by atoms with Crippen LogP contribution < -0.4 is 0 Å². The predicted octanol–water partition coefficient (Wildman–Crippen LogP) is 4.05. The van der Waals surface area contributed by atoms with Gasteiger partial charge in [-0.15, -0.1) is 6.58 Å². The molecule has 0 aliphatic carbocycles. The molecule has 0 heterocycles. The van der Waals surface area contributed by atoms with E-state index in [0.29, 0.717) is 5.92 Å². The predicted molar refractivity (Wildman–Crippen MR) is 84.0 cm³/mol. The quantitative estimate of drug-likeness (QED) is 0.515. The second-order valence-electron chi connectivity index (χ2n) is 6.92. The van der Waals surface area contributed by atoms with Gasteiger partial charge in [-0.25, -0.2) is 0 Å². The van der Waals surface area contributed by atoms with E-state index in [-0.39, 0.29) is 12.3 Å². The van der Waals surface area contributed by atoms with E-state index in [4.69, 9.17) is 4.74 Å². The van der Waals surface area contributed by atoms with Gasteiger partial charge in [0.25, 0.3) is 0 Å². The summed E-state index contributed by atoms with van der Waals surface area (Å²) in [7, 11) is 0. The molecule has 0 radical (unpaired) electrons. The van der Waals surface area contributed by atoms with E-state index in [1.807, 2.05) is 13.0 Å². The normalized spacial score (nSPS) is 15.9. The number of carboxylic acids is 1. The molecule has 4 nitrogen and oxygen atoms in total. The molecule has 0 fully saturated rings. The molecule has 0 rings (SSSR count). The molecule has 0 amide bonds. The molecule has 2 unspecified atom stereocenters. The number of carbonyl (C=O) groups is 2. The van der Waals surface area contributed by atoms with E-state index in [2.05, 4.69) is 13.5 Å². The summed E-state index contributed by atoms with van der Waals surface area (Å²) in [5.74, 6) is -1.70. The fraction of sp³-hybridized carbons (Fsp3) is 0.765. The molecule has 0 bridgehead atoms. The summed E-state index contributed by atoms with van der Waals surface area (Å²) in [6, 6.07) is 0. The van der Waals surface area contributed by atoms with Gasteiger partial charge in [-0.2, -0.15) is 0 Å². The Kier molecular flexibility index (Phi) is 8.30. The highest BCUT2D eigenvalue weighted by molar-refractivity contribution is 5.79. The minimum absolute atomic E-state index is 0.0603. The zero-order valence-corrected chi connectivity index (χ0v) is 14.0. The molecule has 0 aromatic heterocycles. The molecule has 0 aromatic rings. The SMILES string of the molecule is C=CCCC(C)C[C@@H](C)C(CC(=O)OC(C)(C)C)C(=O)O. The summed E-state index contributed by atoms with van der Waals surface area (Å²) in [5.41, 5.74) is -0.583. The number of hydrogen-bond donors (Lipinski definition) is 1. The smallest absolute Gasteiger partial charge is 0.307 e. The first-order valence-corrected chi connectivity index (χ1v) is 7.62. The Morgan fingerprint density at radius 1 is 1.29 bits per heavy atom. The first kappa shape index (κ1) is 19.7. The Morgan fingerprint density at radius 2 is 1.86 bits per heavy atom. The van der Waals surface area contributed by atoms with Crippen molar-refractivity contribution in [3.05, 3.63) is 12.7 Å². The summed E-state index contributed by atoms with van der Waals surface area (Å²) >= 11 is 0. The molecule has 122 valence electrons. The molecule has 0 saturated heterocycles. The van der Waals surface area contributed by atoms with Gasteiger partial charge in [0.05, 0.1) is 12.3 Å². The van der Waals surface area contributed by atoms with Gasteiger partial charge >= 0.3 is 11.9 Å². The molecule has 4 heteroatoms. The van der Waals surface area contributed by atoms with Crippen molar-refractivity contribution in [2.75, 3.05) is 0 Å². The molecule has 0 spiro atoms. The average Bonchev–Trinajstić information content (AvgIpc) is 2.30. The number of hydrogen-bond acceptors (Lipinski definition) is 3. The molecule has 21 heavy (non-hydrogen) atoms. The van der Waals surface area contributed by atoms with Gasteiger partial charge in [0.15, 0.2) is 0 Å². The maximum Gasteiger partial charge on any atom is 0.307 e. The molecule has 0 aromatic carbocycles. The lowest BCUT2D eigenvalue weighted by atomic mass is 9.83. The maximum absolute atomic E-state index is 11.8. The van der Waals surface area contributed by atoms with Gasteiger partial charge in [0.2, 0.25) is 0 Å². The number of allylic oxidation sites excluding steroid dienone is 1. The average molecular weight is 298 g/mol. The third-order valence-corrected chi connectivity index (χ3v) is 3.45. The van der Waals surface area contributed by atoms with Crippen molar-refractivity contribution in [2.45, 2.75) is 65.9 Å². The second kappa shape index (κ2) is 8.85. The lowest BCUT2D eigenvalue weighted by Crippen LogP contribution is -2.30. The van der Waals surface area contributed by atoms with Crippen molar-refractivity contribution in [2.24, 2.45) is 17.8 Å². The monoisotopic (exact) mass is 298 g/mol. The fourth-order valence-electron chi connectivity index (χ4n) is 2.41. The maximum atomic E-state index is 11.8. The van der Waals surface area contributed by atoms with E-state index in [1.165, 1.54) is 0 Å². The Bertz CT molecular complexity index is 354. The molecule has 3 atom stereocenters. The van der Waals surface area contributed by atoms with Gasteiger partial charge in [-0.3, -0.25) is 9.59 Å². The van der Waals surface area contributed by atoms with Gasteiger partial charge in [0, 0.05) is 0 Å². The lowest BCUT2D eigenvalue weighted by molar-refractivity contribution is -0.161. The Hall–Kier alpha value is -1.32. The van der Waals surface area contributed by atoms with Gasteiger partial charge in [0.1, 0.15) is 5.60 Å². The summed E-state index contributed by atoms with van der Waals surface area (Å²) in [5, 5.41) is 9.36.